The molecule has 0 saturated carbocycles. The Balaban J connectivity index is 0.00000154. The number of benzene rings is 1. The summed E-state index contributed by atoms with van der Waals surface area (Å²) in [7, 11) is 0. The van der Waals surface area contributed by atoms with Crippen molar-refractivity contribution in [3.63, 3.8) is 0 Å². The molecule has 1 aromatic rings. The van der Waals surface area contributed by atoms with Gasteiger partial charge < -0.3 is 5.32 Å². The molecule has 0 radical (unpaired) electrons. The van der Waals surface area contributed by atoms with Crippen molar-refractivity contribution in [2.24, 2.45) is 0 Å². The largest absolute Gasteiger partial charge is 0.356 e. The molecule has 0 heterocycles. The predicted molar refractivity (Wildman–Crippen MR) is 84.2 cm³/mol. The molecule has 0 saturated heterocycles. The highest BCUT2D eigenvalue weighted by Gasteiger charge is 2.05. The number of carbonyl (C=O) groups is 1. The zero-order valence-corrected chi connectivity index (χ0v) is 13.1. The van der Waals surface area contributed by atoms with Gasteiger partial charge in [0, 0.05) is 13.5 Å². The van der Waals surface area contributed by atoms with Crippen LogP contribution in [-0.2, 0) is 4.79 Å². The Morgan fingerprint density at radius 2 is 1.89 bits per heavy atom. The highest BCUT2D eigenvalue weighted by molar-refractivity contribution is 5.73. The molecule has 19 heavy (non-hydrogen) atoms. The molecule has 0 atom stereocenters. The first-order chi connectivity index (χ1) is 9.04. The van der Waals surface area contributed by atoms with E-state index in [1.165, 1.54) is 22.3 Å². The lowest BCUT2D eigenvalue weighted by Gasteiger charge is -2.12. The molecule has 2 nitrogen and oxygen atoms in total. The number of nitrogens with one attached hydrogen (secondary N) is 1. The number of amides is 1. The second kappa shape index (κ2) is 9.37. The van der Waals surface area contributed by atoms with E-state index in [0.29, 0.717) is 6.54 Å². The van der Waals surface area contributed by atoms with Crippen molar-refractivity contribution in [2.75, 3.05) is 6.54 Å². The lowest BCUT2D eigenvalue weighted by Crippen LogP contribution is -2.21. The van der Waals surface area contributed by atoms with Crippen molar-refractivity contribution in [3.8, 4) is 0 Å². The van der Waals surface area contributed by atoms with Crippen LogP contribution in [0.2, 0.25) is 0 Å². The first-order valence-electron chi connectivity index (χ1n) is 7.02. The van der Waals surface area contributed by atoms with E-state index in [-0.39, 0.29) is 5.91 Å². The maximum atomic E-state index is 10.8. The SMILES string of the molecule is C/C=C(/CCNC(C)=O)c1cc(C)ccc1C.CC. The van der Waals surface area contributed by atoms with Gasteiger partial charge in [0.25, 0.3) is 0 Å². The van der Waals surface area contributed by atoms with Crippen molar-refractivity contribution >= 4 is 11.5 Å². The van der Waals surface area contributed by atoms with Gasteiger partial charge in [0.1, 0.15) is 0 Å². The zero-order chi connectivity index (χ0) is 14.8. The molecule has 106 valence electrons. The Hall–Kier alpha value is -1.57. The van der Waals surface area contributed by atoms with Crippen LogP contribution in [0.15, 0.2) is 24.3 Å². The fourth-order valence-corrected chi connectivity index (χ4v) is 1.89. The van der Waals surface area contributed by atoms with E-state index in [2.05, 4.69) is 43.4 Å². The molecule has 0 aliphatic carbocycles. The van der Waals surface area contributed by atoms with Crippen molar-refractivity contribution in [2.45, 2.75) is 48.0 Å². The molecule has 1 aromatic carbocycles. The monoisotopic (exact) mass is 261 g/mol. The van der Waals surface area contributed by atoms with Gasteiger partial charge >= 0.3 is 0 Å². The Morgan fingerprint density at radius 3 is 2.42 bits per heavy atom. The van der Waals surface area contributed by atoms with E-state index in [1.54, 1.807) is 6.92 Å². The second-order valence-electron chi connectivity index (χ2n) is 4.37. The van der Waals surface area contributed by atoms with Crippen LogP contribution >= 0.6 is 0 Å². The molecule has 0 unspecified atom stereocenters. The predicted octanol–water partition coefficient (Wildman–Crippen LogP) is 4.26. The van der Waals surface area contributed by atoms with Crippen LogP contribution in [0.5, 0.6) is 0 Å². The van der Waals surface area contributed by atoms with Crippen molar-refractivity contribution in [1.29, 1.82) is 0 Å². The van der Waals surface area contributed by atoms with Crippen LogP contribution in [0.25, 0.3) is 5.57 Å². The fourth-order valence-electron chi connectivity index (χ4n) is 1.89. The summed E-state index contributed by atoms with van der Waals surface area (Å²) < 4.78 is 0. The molecule has 0 aliphatic rings. The summed E-state index contributed by atoms with van der Waals surface area (Å²) in [4.78, 5) is 10.8. The van der Waals surface area contributed by atoms with Crippen molar-refractivity contribution in [1.82, 2.24) is 5.32 Å². The highest BCUT2D eigenvalue weighted by atomic mass is 16.1. The van der Waals surface area contributed by atoms with Crippen LogP contribution in [-0.4, -0.2) is 12.5 Å². The summed E-state index contributed by atoms with van der Waals surface area (Å²) in [5.41, 5.74) is 5.13. The number of rotatable bonds is 4. The smallest absolute Gasteiger partial charge is 0.216 e. The van der Waals surface area contributed by atoms with Gasteiger partial charge in [0.05, 0.1) is 0 Å². The Morgan fingerprint density at radius 1 is 1.26 bits per heavy atom. The standard InChI is InChI=1S/C15H21NO.C2H6/c1-5-14(8-9-16-13(4)17)15-10-11(2)6-7-12(15)3;1-2/h5-7,10H,8-9H2,1-4H3,(H,16,17);1-2H3/b14-5-;. The van der Waals surface area contributed by atoms with Gasteiger partial charge in [-0.25, -0.2) is 0 Å². The van der Waals surface area contributed by atoms with Gasteiger partial charge in [-0.2, -0.15) is 0 Å². The maximum Gasteiger partial charge on any atom is 0.216 e. The van der Waals surface area contributed by atoms with Crippen molar-refractivity contribution in [3.05, 3.63) is 41.0 Å². The van der Waals surface area contributed by atoms with Crippen molar-refractivity contribution < 1.29 is 4.79 Å². The molecular formula is C17H27NO. The molecule has 0 spiro atoms. The van der Waals surface area contributed by atoms with Crippen LogP contribution < -0.4 is 5.32 Å². The molecular weight excluding hydrogens is 234 g/mol. The summed E-state index contributed by atoms with van der Waals surface area (Å²) >= 11 is 0. The highest BCUT2D eigenvalue weighted by Crippen LogP contribution is 2.22. The Bertz CT molecular complexity index is 433. The average Bonchev–Trinajstić information content (AvgIpc) is 2.40. The minimum Gasteiger partial charge on any atom is -0.356 e. The normalized spacial score (nSPS) is 10.5. The van der Waals surface area contributed by atoms with E-state index >= 15 is 0 Å². The first-order valence-corrected chi connectivity index (χ1v) is 7.02. The topological polar surface area (TPSA) is 29.1 Å². The lowest BCUT2D eigenvalue weighted by molar-refractivity contribution is -0.118. The zero-order valence-electron chi connectivity index (χ0n) is 13.1. The van der Waals surface area contributed by atoms with Crippen LogP contribution in [0.1, 0.15) is 50.8 Å². The van der Waals surface area contributed by atoms with Gasteiger partial charge in [-0.3, -0.25) is 4.79 Å². The average molecular weight is 261 g/mol. The molecule has 1 rings (SSSR count). The molecule has 0 aliphatic heterocycles. The van der Waals surface area contributed by atoms with Crippen LogP contribution in [0.3, 0.4) is 0 Å². The number of aryl methyl sites for hydroxylation is 2. The third-order valence-corrected chi connectivity index (χ3v) is 2.86. The number of hydrogen-bond acceptors (Lipinski definition) is 1. The number of hydrogen-bond donors (Lipinski definition) is 1. The van der Waals surface area contributed by atoms with Crippen LogP contribution in [0.4, 0.5) is 0 Å². The summed E-state index contributed by atoms with van der Waals surface area (Å²) in [6.45, 7) is 12.5. The van der Waals surface area contributed by atoms with E-state index < -0.39 is 0 Å². The molecule has 2 heteroatoms. The van der Waals surface area contributed by atoms with Gasteiger partial charge in [-0.15, -0.1) is 0 Å². The van der Waals surface area contributed by atoms with E-state index in [0.717, 1.165) is 6.42 Å². The third-order valence-electron chi connectivity index (χ3n) is 2.86. The summed E-state index contributed by atoms with van der Waals surface area (Å²) in [5, 5.41) is 2.83. The van der Waals surface area contributed by atoms with E-state index in [4.69, 9.17) is 0 Å². The minimum absolute atomic E-state index is 0.0291. The minimum atomic E-state index is 0.0291. The number of carbonyl (C=O) groups excluding carboxylic acids is 1. The third kappa shape index (κ3) is 6.23. The van der Waals surface area contributed by atoms with E-state index in [9.17, 15) is 4.79 Å². The fraction of sp³-hybridized carbons (Fsp3) is 0.471. The first kappa shape index (κ1) is 17.4. The molecule has 0 fully saturated rings. The van der Waals surface area contributed by atoms with Gasteiger partial charge in [0.15, 0.2) is 0 Å². The van der Waals surface area contributed by atoms with E-state index in [1.807, 2.05) is 20.8 Å². The Kier molecular flexibility index (Phi) is 8.60. The number of allylic oxidation sites excluding steroid dienone is 1. The van der Waals surface area contributed by atoms with Gasteiger partial charge in [-0.1, -0.05) is 43.7 Å². The second-order valence-corrected chi connectivity index (χ2v) is 4.37. The van der Waals surface area contributed by atoms with Gasteiger partial charge in [0.2, 0.25) is 5.91 Å². The summed E-state index contributed by atoms with van der Waals surface area (Å²) in [5.74, 6) is 0.0291. The van der Waals surface area contributed by atoms with Gasteiger partial charge in [-0.05, 0) is 43.9 Å². The lowest BCUT2D eigenvalue weighted by atomic mass is 9.96. The summed E-state index contributed by atoms with van der Waals surface area (Å²) in [6.07, 6.45) is 3.00. The quantitative estimate of drug-likeness (QED) is 0.862. The molecule has 1 N–H and O–H groups in total. The molecule has 1 amide bonds. The molecule has 0 aromatic heterocycles. The summed E-state index contributed by atoms with van der Waals surface area (Å²) in [6, 6.07) is 6.48. The maximum absolute atomic E-state index is 10.8. The Labute approximate surface area is 117 Å². The van der Waals surface area contributed by atoms with Crippen LogP contribution in [0, 0.1) is 13.8 Å². The molecule has 0 bridgehead atoms.